The lowest BCUT2D eigenvalue weighted by Gasteiger charge is -2.05. The van der Waals surface area contributed by atoms with Crippen molar-refractivity contribution in [3.05, 3.63) is 46.7 Å². The number of nitrogens with one attached hydrogen (secondary N) is 1. The molecule has 1 amide bonds. The van der Waals surface area contributed by atoms with Crippen LogP contribution in [0.25, 0.3) is 17.0 Å². The Morgan fingerprint density at radius 2 is 2.20 bits per heavy atom. The van der Waals surface area contributed by atoms with Crippen molar-refractivity contribution >= 4 is 11.7 Å². The first-order valence-electron chi connectivity index (χ1n) is 8.34. The minimum absolute atomic E-state index is 0.298. The molecule has 1 aromatic heterocycles. The highest BCUT2D eigenvalue weighted by Gasteiger charge is 2.29. The molecule has 25 heavy (non-hydrogen) atoms. The van der Waals surface area contributed by atoms with Crippen LogP contribution in [0.15, 0.2) is 29.8 Å². The summed E-state index contributed by atoms with van der Waals surface area (Å²) in [4.78, 5) is 12.2. The summed E-state index contributed by atoms with van der Waals surface area (Å²) in [5.41, 5.74) is 3.97. The van der Waals surface area contributed by atoms with E-state index in [1.165, 1.54) is 0 Å². The predicted molar refractivity (Wildman–Crippen MR) is 94.5 cm³/mol. The van der Waals surface area contributed by atoms with Crippen molar-refractivity contribution in [3.8, 4) is 17.3 Å². The zero-order valence-electron chi connectivity index (χ0n) is 14.3. The molecule has 1 aromatic carbocycles. The Balaban J connectivity index is 2.00. The fraction of sp³-hybridized carbons (Fsp3) is 0.316. The fourth-order valence-electron chi connectivity index (χ4n) is 3.16. The number of carbonyl (C=O) groups is 1. The number of benzene rings is 1. The third-order valence-electron chi connectivity index (χ3n) is 4.40. The summed E-state index contributed by atoms with van der Waals surface area (Å²) >= 11 is 0. The van der Waals surface area contributed by atoms with Crippen LogP contribution in [0.3, 0.4) is 0 Å². The van der Waals surface area contributed by atoms with Crippen LogP contribution in [0.1, 0.15) is 36.6 Å². The third kappa shape index (κ3) is 2.89. The van der Waals surface area contributed by atoms with Crippen LogP contribution in [0.2, 0.25) is 0 Å². The summed E-state index contributed by atoms with van der Waals surface area (Å²) in [7, 11) is 1.80. The maximum absolute atomic E-state index is 12.2. The van der Waals surface area contributed by atoms with E-state index in [2.05, 4.69) is 10.4 Å². The van der Waals surface area contributed by atoms with E-state index in [1.807, 2.05) is 37.3 Å². The molecule has 0 atom stereocenters. The van der Waals surface area contributed by atoms with Crippen molar-refractivity contribution in [2.24, 2.45) is 7.05 Å². The zero-order valence-corrected chi connectivity index (χ0v) is 14.3. The van der Waals surface area contributed by atoms with E-state index < -0.39 is 5.91 Å². The smallest absolute Gasteiger partial charge is 0.265 e. The van der Waals surface area contributed by atoms with Crippen LogP contribution in [-0.4, -0.2) is 27.3 Å². The molecule has 3 rings (SSSR count). The maximum Gasteiger partial charge on any atom is 0.265 e. The largest absolute Gasteiger partial charge is 0.504 e. The highest BCUT2D eigenvalue weighted by molar-refractivity contribution is 6.03. The molecular weight excluding hydrogens is 316 g/mol. The van der Waals surface area contributed by atoms with Crippen LogP contribution >= 0.6 is 0 Å². The van der Waals surface area contributed by atoms with E-state index in [0.717, 1.165) is 35.2 Å². The van der Waals surface area contributed by atoms with Gasteiger partial charge < -0.3 is 10.4 Å². The fourth-order valence-corrected chi connectivity index (χ4v) is 3.16. The number of nitriles is 1. The standard InChI is InChI=1S/C19H20N4O2/c1-3-4-9-21-19(25)15(11-20)18(24)16-14-10-12-7-5-6-8-13(12)17(14)23(2)22-16/h5-8,24H,3-4,9-10H2,1-2H3,(H,21,25). The second-order valence-corrected chi connectivity index (χ2v) is 6.08. The molecule has 0 aliphatic heterocycles. The molecule has 6 nitrogen and oxygen atoms in total. The minimum Gasteiger partial charge on any atom is -0.504 e. The number of aryl methyl sites for hydroxylation is 1. The van der Waals surface area contributed by atoms with Gasteiger partial charge >= 0.3 is 0 Å². The average molecular weight is 336 g/mol. The number of nitrogens with zero attached hydrogens (tertiary/aromatic N) is 3. The highest BCUT2D eigenvalue weighted by Crippen LogP contribution is 2.39. The third-order valence-corrected chi connectivity index (χ3v) is 4.40. The van der Waals surface area contributed by atoms with Gasteiger partial charge in [0.05, 0.1) is 5.69 Å². The lowest BCUT2D eigenvalue weighted by molar-refractivity contribution is -0.117. The van der Waals surface area contributed by atoms with Crippen molar-refractivity contribution in [3.63, 3.8) is 0 Å². The van der Waals surface area contributed by atoms with Crippen molar-refractivity contribution in [1.82, 2.24) is 15.1 Å². The van der Waals surface area contributed by atoms with Gasteiger partial charge in [-0.25, -0.2) is 0 Å². The summed E-state index contributed by atoms with van der Waals surface area (Å²) < 4.78 is 1.69. The number of aliphatic hydroxyl groups excluding tert-OH is 1. The number of hydrogen-bond donors (Lipinski definition) is 2. The molecule has 0 spiro atoms. The summed E-state index contributed by atoms with van der Waals surface area (Å²) in [6.45, 7) is 2.49. The normalized spacial score (nSPS) is 12.8. The molecule has 0 saturated carbocycles. The summed E-state index contributed by atoms with van der Waals surface area (Å²) in [5.74, 6) is -0.926. The zero-order chi connectivity index (χ0) is 18.0. The van der Waals surface area contributed by atoms with Crippen LogP contribution in [-0.2, 0) is 18.3 Å². The number of amides is 1. The first-order valence-corrected chi connectivity index (χ1v) is 8.34. The van der Waals surface area contributed by atoms with Crippen LogP contribution in [0.5, 0.6) is 0 Å². The van der Waals surface area contributed by atoms with Crippen molar-refractivity contribution in [2.75, 3.05) is 6.54 Å². The Morgan fingerprint density at radius 3 is 2.92 bits per heavy atom. The maximum atomic E-state index is 12.2. The molecular formula is C19H20N4O2. The average Bonchev–Trinajstić information content (AvgIpc) is 3.13. The van der Waals surface area contributed by atoms with E-state index >= 15 is 0 Å². The van der Waals surface area contributed by atoms with Gasteiger partial charge in [-0.15, -0.1) is 0 Å². The van der Waals surface area contributed by atoms with Crippen LogP contribution in [0.4, 0.5) is 0 Å². The van der Waals surface area contributed by atoms with Crippen molar-refractivity contribution in [1.29, 1.82) is 5.26 Å². The molecule has 0 radical (unpaired) electrons. The Labute approximate surface area is 146 Å². The van der Waals surface area contributed by atoms with Gasteiger partial charge in [-0.05, 0) is 12.0 Å². The van der Waals surface area contributed by atoms with Gasteiger partial charge in [-0.2, -0.15) is 10.4 Å². The highest BCUT2D eigenvalue weighted by atomic mass is 16.3. The number of aliphatic hydroxyl groups is 1. The van der Waals surface area contributed by atoms with Gasteiger partial charge in [0.2, 0.25) is 0 Å². The molecule has 2 N–H and O–H groups in total. The van der Waals surface area contributed by atoms with Crippen molar-refractivity contribution < 1.29 is 9.90 Å². The summed E-state index contributed by atoms with van der Waals surface area (Å²) in [5, 5.41) is 27.0. The number of fused-ring (bicyclic) bond motifs is 3. The second kappa shape index (κ2) is 6.81. The van der Waals surface area contributed by atoms with E-state index in [1.54, 1.807) is 11.7 Å². The number of aromatic nitrogens is 2. The monoisotopic (exact) mass is 336 g/mol. The SMILES string of the molecule is CCCCNC(=O)C(C#N)=C(O)c1nn(C)c2c1Cc1ccccc1-2. The van der Waals surface area contributed by atoms with E-state index in [4.69, 9.17) is 0 Å². The molecule has 2 aromatic rings. The van der Waals surface area contributed by atoms with Crippen LogP contribution in [0, 0.1) is 11.3 Å². The molecule has 0 bridgehead atoms. The van der Waals surface area contributed by atoms with Gasteiger partial charge in [0.15, 0.2) is 11.3 Å². The van der Waals surface area contributed by atoms with E-state index in [0.29, 0.717) is 18.7 Å². The van der Waals surface area contributed by atoms with Gasteiger partial charge in [-0.1, -0.05) is 37.6 Å². The van der Waals surface area contributed by atoms with Gasteiger partial charge in [0, 0.05) is 31.1 Å². The molecule has 0 saturated heterocycles. The Kier molecular flexibility index (Phi) is 4.57. The Bertz CT molecular complexity index is 903. The van der Waals surface area contributed by atoms with Crippen LogP contribution < -0.4 is 5.32 Å². The van der Waals surface area contributed by atoms with E-state index in [9.17, 15) is 15.2 Å². The quantitative estimate of drug-likeness (QED) is 0.324. The first-order chi connectivity index (χ1) is 12.1. The number of carbonyl (C=O) groups excluding carboxylic acids is 1. The number of hydrogen-bond acceptors (Lipinski definition) is 4. The predicted octanol–water partition coefficient (Wildman–Crippen LogP) is 2.70. The van der Waals surface area contributed by atoms with E-state index in [-0.39, 0.29) is 11.3 Å². The minimum atomic E-state index is -0.566. The first kappa shape index (κ1) is 16.8. The lowest BCUT2D eigenvalue weighted by atomic mass is 10.1. The molecule has 0 unspecified atom stereocenters. The number of unbranched alkanes of at least 4 members (excludes halogenated alkanes) is 1. The number of rotatable bonds is 5. The molecule has 6 heteroatoms. The molecule has 128 valence electrons. The topological polar surface area (TPSA) is 90.9 Å². The Hall–Kier alpha value is -3.07. The van der Waals surface area contributed by atoms with Crippen molar-refractivity contribution in [2.45, 2.75) is 26.2 Å². The van der Waals surface area contributed by atoms with Gasteiger partial charge in [-0.3, -0.25) is 9.48 Å². The molecule has 0 fully saturated rings. The molecule has 1 heterocycles. The Morgan fingerprint density at radius 1 is 1.44 bits per heavy atom. The lowest BCUT2D eigenvalue weighted by Crippen LogP contribution is -2.26. The molecule has 1 aliphatic carbocycles. The summed E-state index contributed by atoms with van der Waals surface area (Å²) in [6, 6.07) is 9.78. The second-order valence-electron chi connectivity index (χ2n) is 6.08. The van der Waals surface area contributed by atoms with Gasteiger partial charge in [0.1, 0.15) is 11.8 Å². The molecule has 1 aliphatic rings. The summed E-state index contributed by atoms with van der Waals surface area (Å²) in [6.07, 6.45) is 2.37. The van der Waals surface area contributed by atoms with Gasteiger partial charge in [0.25, 0.3) is 5.91 Å².